The quantitative estimate of drug-likeness (QED) is 0.379. The van der Waals surface area contributed by atoms with Gasteiger partial charge >= 0.3 is 18.3 Å². The normalized spacial score (nSPS) is 23.6. The summed E-state index contributed by atoms with van der Waals surface area (Å²) in [7, 11) is 0. The van der Waals surface area contributed by atoms with Crippen molar-refractivity contribution in [2.75, 3.05) is 5.32 Å². The molecule has 1 aliphatic heterocycles. The molecule has 1 saturated carbocycles. The Labute approximate surface area is 209 Å². The van der Waals surface area contributed by atoms with E-state index in [1.165, 1.54) is 6.92 Å². The number of rotatable bonds is 5. The molecule has 0 radical (unpaired) electrons. The van der Waals surface area contributed by atoms with Crippen molar-refractivity contribution < 1.29 is 46.1 Å². The van der Waals surface area contributed by atoms with Crippen LogP contribution in [0.25, 0.3) is 0 Å². The van der Waals surface area contributed by atoms with Gasteiger partial charge in [-0.3, -0.25) is 4.79 Å². The smallest absolute Gasteiger partial charge is 0.418 e. The number of fused-ring (bicyclic) bond motifs is 1. The van der Waals surface area contributed by atoms with Crippen LogP contribution < -0.4 is 10.1 Å². The van der Waals surface area contributed by atoms with Crippen molar-refractivity contribution in [2.24, 2.45) is 5.92 Å². The van der Waals surface area contributed by atoms with Gasteiger partial charge in [0.1, 0.15) is 11.4 Å². The molecule has 2 aromatic rings. The number of hydrogen-bond donors (Lipinski definition) is 3. The van der Waals surface area contributed by atoms with Crippen LogP contribution in [-0.2, 0) is 23.6 Å². The number of hydrogen-bond acceptors (Lipinski definition) is 4. The molecular weight excluding hydrogens is 504 g/mol. The minimum absolute atomic E-state index is 0.390. The van der Waals surface area contributed by atoms with E-state index in [0.29, 0.717) is 68.0 Å². The Bertz CT molecular complexity index is 1150. The van der Waals surface area contributed by atoms with Gasteiger partial charge in [0.25, 0.3) is 0 Å². The summed E-state index contributed by atoms with van der Waals surface area (Å²) in [5, 5.41) is 22.3. The maximum atomic E-state index is 13.4. The Morgan fingerprint density at radius 2 is 1.70 bits per heavy atom. The minimum Gasteiger partial charge on any atom is -0.487 e. The second kappa shape index (κ2) is 9.74. The average Bonchev–Trinajstić information content (AvgIpc) is 2.83. The molecule has 2 aromatic carbocycles. The van der Waals surface area contributed by atoms with Gasteiger partial charge in [0, 0.05) is 11.7 Å². The number of alkyl halides is 6. The Kier molecular flexibility index (Phi) is 7.13. The van der Waals surface area contributed by atoms with Crippen molar-refractivity contribution in [3.05, 3.63) is 58.7 Å². The standard InChI is InChI=1S/C26H27F6NO4/c1-14(23(35)36)22(34)16-3-2-15-6-9-24(37-21(15)12-16)10-7-18(8-11-24)33-20-13-17(25(27,28)29)4-5-19(20)26(30,31)32/h2-5,12-14,18,22,33-34H,6-11H2,1H3,(H,35,36)/t14-,18?,22+,24?/m0/s1. The summed E-state index contributed by atoms with van der Waals surface area (Å²) in [5.41, 5.74) is -2.17. The fraction of sp³-hybridized carbons (Fsp3) is 0.500. The maximum Gasteiger partial charge on any atom is 0.418 e. The SMILES string of the molecule is C[C@H](C(=O)O)[C@@H](O)c1ccc2c(c1)OC1(CC2)CCC(Nc2cc(C(F)(F)F)ccc2C(F)(F)F)CC1. The Balaban J connectivity index is 1.47. The predicted octanol–water partition coefficient (Wildman–Crippen LogP) is 6.60. The summed E-state index contributed by atoms with van der Waals surface area (Å²) in [6.07, 6.45) is -7.73. The summed E-state index contributed by atoms with van der Waals surface area (Å²) in [4.78, 5) is 11.2. The van der Waals surface area contributed by atoms with Gasteiger partial charge in [-0.05, 0) is 80.8 Å². The molecule has 1 aliphatic carbocycles. The third-order valence-electron chi connectivity index (χ3n) is 7.38. The molecule has 2 atom stereocenters. The number of ether oxygens (including phenoxy) is 1. The van der Waals surface area contributed by atoms with Crippen molar-refractivity contribution in [3.63, 3.8) is 0 Å². The van der Waals surface area contributed by atoms with Gasteiger partial charge in [0.05, 0.1) is 23.1 Å². The lowest BCUT2D eigenvalue weighted by Crippen LogP contribution is -2.45. The van der Waals surface area contributed by atoms with Crippen LogP contribution in [0.3, 0.4) is 0 Å². The van der Waals surface area contributed by atoms with E-state index < -0.39 is 58.8 Å². The molecule has 3 N–H and O–H groups in total. The number of aliphatic hydroxyl groups excluding tert-OH is 1. The van der Waals surface area contributed by atoms with Crippen molar-refractivity contribution in [1.29, 1.82) is 0 Å². The zero-order valence-electron chi connectivity index (χ0n) is 19.9. The molecule has 5 nitrogen and oxygen atoms in total. The topological polar surface area (TPSA) is 78.8 Å². The van der Waals surface area contributed by atoms with E-state index in [4.69, 9.17) is 4.74 Å². The van der Waals surface area contributed by atoms with Crippen molar-refractivity contribution in [3.8, 4) is 5.75 Å². The van der Waals surface area contributed by atoms with E-state index in [-0.39, 0.29) is 0 Å². The maximum absolute atomic E-state index is 13.4. The van der Waals surface area contributed by atoms with Crippen LogP contribution in [0.4, 0.5) is 32.0 Å². The van der Waals surface area contributed by atoms with Gasteiger partial charge in [0.2, 0.25) is 0 Å². The zero-order chi connectivity index (χ0) is 27.2. The van der Waals surface area contributed by atoms with Crippen LogP contribution in [0.15, 0.2) is 36.4 Å². The minimum atomic E-state index is -4.81. The highest BCUT2D eigenvalue weighted by Crippen LogP contribution is 2.45. The van der Waals surface area contributed by atoms with Gasteiger partial charge in [-0.1, -0.05) is 12.1 Å². The third-order valence-corrected chi connectivity index (χ3v) is 7.38. The van der Waals surface area contributed by atoms with Crippen LogP contribution in [0, 0.1) is 5.92 Å². The number of nitrogens with one attached hydrogen (secondary N) is 1. The molecule has 2 aliphatic rings. The number of anilines is 1. The highest BCUT2D eigenvalue weighted by atomic mass is 19.4. The van der Waals surface area contributed by atoms with Gasteiger partial charge in [-0.25, -0.2) is 0 Å². The molecule has 0 aromatic heterocycles. The molecule has 4 rings (SSSR count). The Morgan fingerprint density at radius 1 is 1.03 bits per heavy atom. The van der Waals surface area contributed by atoms with Gasteiger partial charge in [0.15, 0.2) is 0 Å². The van der Waals surface area contributed by atoms with E-state index in [2.05, 4.69) is 5.32 Å². The number of carboxylic acids is 1. The lowest BCUT2D eigenvalue weighted by molar-refractivity contribution is -0.145. The molecule has 0 bridgehead atoms. The highest BCUT2D eigenvalue weighted by molar-refractivity contribution is 5.70. The summed E-state index contributed by atoms with van der Waals surface area (Å²) in [6.45, 7) is 1.40. The first-order valence-corrected chi connectivity index (χ1v) is 12.0. The largest absolute Gasteiger partial charge is 0.487 e. The van der Waals surface area contributed by atoms with Crippen molar-refractivity contribution in [2.45, 2.75) is 75.5 Å². The molecule has 0 saturated heterocycles. The summed E-state index contributed by atoms with van der Waals surface area (Å²) >= 11 is 0. The first-order valence-electron chi connectivity index (χ1n) is 12.0. The molecule has 1 heterocycles. The molecule has 37 heavy (non-hydrogen) atoms. The Hall–Kier alpha value is -2.95. The fourth-order valence-electron chi connectivity index (χ4n) is 5.07. The molecular formula is C26H27F6NO4. The summed E-state index contributed by atoms with van der Waals surface area (Å²) in [5.74, 6) is -1.62. The summed E-state index contributed by atoms with van der Waals surface area (Å²) in [6, 6.07) is 6.00. The van der Waals surface area contributed by atoms with Crippen LogP contribution >= 0.6 is 0 Å². The van der Waals surface area contributed by atoms with Crippen molar-refractivity contribution in [1.82, 2.24) is 0 Å². The molecule has 1 spiro atoms. The van der Waals surface area contributed by atoms with E-state index in [1.54, 1.807) is 18.2 Å². The molecule has 202 valence electrons. The van der Waals surface area contributed by atoms with Gasteiger partial charge in [-0.2, -0.15) is 26.3 Å². The van der Waals surface area contributed by atoms with Gasteiger partial charge < -0.3 is 20.3 Å². The number of aryl methyl sites for hydroxylation is 1. The van der Waals surface area contributed by atoms with Crippen LogP contribution in [0.5, 0.6) is 5.75 Å². The second-order valence-corrected chi connectivity index (χ2v) is 9.90. The predicted molar refractivity (Wildman–Crippen MR) is 122 cm³/mol. The average molecular weight is 531 g/mol. The van der Waals surface area contributed by atoms with E-state index in [1.807, 2.05) is 0 Å². The third kappa shape index (κ3) is 5.81. The second-order valence-electron chi connectivity index (χ2n) is 9.90. The molecule has 0 amide bonds. The van der Waals surface area contributed by atoms with E-state index in [9.17, 15) is 41.4 Å². The van der Waals surface area contributed by atoms with Crippen LogP contribution in [0.1, 0.15) is 67.4 Å². The lowest BCUT2D eigenvalue weighted by Gasteiger charge is -2.44. The molecule has 11 heteroatoms. The number of carboxylic acid groups (broad SMARTS) is 1. The fourth-order valence-corrected chi connectivity index (χ4v) is 5.07. The molecule has 0 unspecified atom stereocenters. The zero-order valence-corrected chi connectivity index (χ0v) is 19.9. The first-order chi connectivity index (χ1) is 17.2. The summed E-state index contributed by atoms with van der Waals surface area (Å²) < 4.78 is 86.0. The molecule has 1 fully saturated rings. The number of carbonyl (C=O) groups is 1. The number of aliphatic carboxylic acids is 1. The Morgan fingerprint density at radius 3 is 2.30 bits per heavy atom. The highest BCUT2D eigenvalue weighted by Gasteiger charge is 2.42. The van der Waals surface area contributed by atoms with Crippen LogP contribution in [-0.4, -0.2) is 27.8 Å². The van der Waals surface area contributed by atoms with E-state index in [0.717, 1.165) is 5.56 Å². The number of benzene rings is 2. The van der Waals surface area contributed by atoms with Crippen molar-refractivity contribution >= 4 is 11.7 Å². The van der Waals surface area contributed by atoms with Gasteiger partial charge in [-0.15, -0.1) is 0 Å². The number of halogens is 6. The van der Waals surface area contributed by atoms with Crippen LogP contribution in [0.2, 0.25) is 0 Å². The lowest BCUT2D eigenvalue weighted by atomic mass is 9.77. The number of aliphatic hydroxyl groups is 1. The first kappa shape index (κ1) is 27.1. The monoisotopic (exact) mass is 531 g/mol. The van der Waals surface area contributed by atoms with E-state index >= 15 is 0 Å².